The van der Waals surface area contributed by atoms with E-state index in [1.54, 1.807) is 13.0 Å². The molecule has 8 heteroatoms. The molecule has 4 unspecified atom stereocenters. The highest BCUT2D eigenvalue weighted by Crippen LogP contribution is 2.77. The van der Waals surface area contributed by atoms with Gasteiger partial charge in [0.2, 0.25) is 5.78 Å². The molecule has 1 spiro atoms. The summed E-state index contributed by atoms with van der Waals surface area (Å²) in [7, 11) is 0. The lowest BCUT2D eigenvalue weighted by molar-refractivity contribution is -0.276. The largest absolute Gasteiger partial charge is 0.458 e. The van der Waals surface area contributed by atoms with Crippen molar-refractivity contribution in [3.8, 4) is 0 Å². The first kappa shape index (κ1) is 25.4. The molecule has 5 fully saturated rings. The maximum atomic E-state index is 17.7. The van der Waals surface area contributed by atoms with Crippen LogP contribution in [-0.2, 0) is 28.6 Å². The molecule has 5 aliphatic carbocycles. The van der Waals surface area contributed by atoms with Crippen molar-refractivity contribution in [2.45, 2.75) is 108 Å². The van der Waals surface area contributed by atoms with Crippen LogP contribution >= 0.6 is 0 Å². The maximum absolute atomic E-state index is 17.7. The van der Waals surface area contributed by atoms with Gasteiger partial charge in [0.15, 0.2) is 29.4 Å². The van der Waals surface area contributed by atoms with Gasteiger partial charge in [-0.15, -0.1) is 0 Å². The molecule has 1 saturated heterocycles. The first-order valence-electron chi connectivity index (χ1n) is 13.6. The van der Waals surface area contributed by atoms with Gasteiger partial charge in [0.1, 0.15) is 0 Å². The van der Waals surface area contributed by atoms with E-state index >= 15 is 4.39 Å². The van der Waals surface area contributed by atoms with Crippen LogP contribution in [0.3, 0.4) is 0 Å². The number of allylic oxidation sites excluding steroid dienone is 4. The van der Waals surface area contributed by atoms with Crippen LogP contribution in [0, 0.1) is 22.2 Å². The summed E-state index contributed by atoms with van der Waals surface area (Å²) < 4.78 is 36.3. The Balaban J connectivity index is 1.48. The minimum absolute atomic E-state index is 0.0110. The first-order valence-corrected chi connectivity index (χ1v) is 13.6. The van der Waals surface area contributed by atoms with Crippen LogP contribution in [0.4, 0.5) is 4.39 Å². The predicted molar refractivity (Wildman–Crippen MR) is 130 cm³/mol. The number of aliphatic hydroxyl groups excluding tert-OH is 1. The minimum Gasteiger partial charge on any atom is -0.458 e. The summed E-state index contributed by atoms with van der Waals surface area (Å²) in [5, 5.41) is 11.7. The molecule has 0 aromatic heterocycles. The lowest BCUT2D eigenvalue weighted by Gasteiger charge is -2.66. The molecule has 1 heterocycles. The van der Waals surface area contributed by atoms with Gasteiger partial charge < -0.3 is 19.3 Å². The SMILES string of the molecule is CC(=O)OCC(=O)[C@@]12OC3(CCCC3)O[C@@H]1C[C@@]1(C)C3CCC4=CC(=O)C=CC4(C)[C@@]3(F)C(O)CC12C. The molecule has 0 bridgehead atoms. The fourth-order valence-electron chi connectivity index (χ4n) is 9.48. The normalized spacial score (nSPS) is 49.2. The van der Waals surface area contributed by atoms with Gasteiger partial charge in [0.05, 0.1) is 12.2 Å². The number of hydrogen-bond acceptors (Lipinski definition) is 7. The molecule has 6 aliphatic rings. The quantitative estimate of drug-likeness (QED) is 0.568. The van der Waals surface area contributed by atoms with E-state index in [2.05, 4.69) is 0 Å². The van der Waals surface area contributed by atoms with Crippen molar-refractivity contribution in [2.75, 3.05) is 6.61 Å². The van der Waals surface area contributed by atoms with Gasteiger partial charge in [-0.3, -0.25) is 14.4 Å². The van der Waals surface area contributed by atoms with Crippen molar-refractivity contribution in [3.05, 3.63) is 23.8 Å². The number of rotatable bonds is 3. The number of halogens is 1. The Morgan fingerprint density at radius 1 is 1.19 bits per heavy atom. The van der Waals surface area contributed by atoms with Crippen molar-refractivity contribution in [1.29, 1.82) is 0 Å². The van der Waals surface area contributed by atoms with E-state index in [9.17, 15) is 19.5 Å². The average molecular weight is 517 g/mol. The Labute approximate surface area is 216 Å². The maximum Gasteiger partial charge on any atom is 0.303 e. The van der Waals surface area contributed by atoms with Crippen molar-refractivity contribution in [2.24, 2.45) is 22.2 Å². The number of carbonyl (C=O) groups is 3. The highest BCUT2D eigenvalue weighted by molar-refractivity contribution is 6.01. The first-order chi connectivity index (χ1) is 17.3. The third kappa shape index (κ3) is 2.85. The number of fused-ring (bicyclic) bond motifs is 7. The second kappa shape index (κ2) is 7.60. The Kier molecular flexibility index (Phi) is 5.22. The number of carbonyl (C=O) groups excluding carboxylic acids is 3. The molecule has 0 aromatic carbocycles. The standard InChI is InChI=1S/C29H37FO7/c1-17(31)35-16-22(34)29-23(36-27(37-29)10-5-6-11-27)15-25(3)20-8-7-18-13-19(32)9-12-24(18,2)28(20,30)21(33)14-26(25,29)4/h9,12-13,20-21,23,33H,5-8,10-11,14-16H2,1-4H3/t20?,21?,23-,24?,25+,26?,28+,29-/m1/s1. The predicted octanol–water partition coefficient (Wildman–Crippen LogP) is 3.91. The van der Waals surface area contributed by atoms with Gasteiger partial charge in [-0.05, 0) is 63.0 Å². The zero-order valence-electron chi connectivity index (χ0n) is 22.1. The van der Waals surface area contributed by atoms with Gasteiger partial charge >= 0.3 is 5.97 Å². The number of ketones is 2. The third-order valence-electron chi connectivity index (χ3n) is 11.5. The Bertz CT molecular complexity index is 1140. The van der Waals surface area contributed by atoms with E-state index < -0.39 is 64.0 Å². The van der Waals surface area contributed by atoms with Gasteiger partial charge in [-0.1, -0.05) is 25.5 Å². The van der Waals surface area contributed by atoms with Crippen molar-refractivity contribution < 1.29 is 38.1 Å². The zero-order valence-corrected chi connectivity index (χ0v) is 22.1. The fourth-order valence-corrected chi connectivity index (χ4v) is 9.48. The van der Waals surface area contributed by atoms with E-state index in [1.807, 2.05) is 13.8 Å². The smallest absolute Gasteiger partial charge is 0.303 e. The molecule has 4 saturated carbocycles. The van der Waals surface area contributed by atoms with E-state index in [1.165, 1.54) is 19.1 Å². The van der Waals surface area contributed by atoms with E-state index in [0.717, 1.165) is 12.8 Å². The summed E-state index contributed by atoms with van der Waals surface area (Å²) in [6.45, 7) is 6.54. The molecule has 7 nitrogen and oxygen atoms in total. The van der Waals surface area contributed by atoms with Gasteiger partial charge in [-0.25, -0.2) is 4.39 Å². The van der Waals surface area contributed by atoms with E-state index in [4.69, 9.17) is 14.2 Å². The van der Waals surface area contributed by atoms with Gasteiger partial charge in [-0.2, -0.15) is 0 Å². The fraction of sp³-hybridized carbons (Fsp3) is 0.759. The van der Waals surface area contributed by atoms with Crippen LogP contribution in [-0.4, -0.2) is 58.5 Å². The zero-order chi connectivity index (χ0) is 26.6. The lowest BCUT2D eigenvalue weighted by Crippen LogP contribution is -2.72. The highest BCUT2D eigenvalue weighted by atomic mass is 19.1. The number of ether oxygens (including phenoxy) is 3. The molecule has 1 N–H and O–H groups in total. The molecular formula is C29H37FO7. The Hall–Kier alpha value is -1.90. The number of hydrogen-bond donors (Lipinski definition) is 1. The molecule has 6 rings (SSSR count). The Morgan fingerprint density at radius 2 is 1.89 bits per heavy atom. The van der Waals surface area contributed by atoms with Crippen LogP contribution in [0.15, 0.2) is 23.8 Å². The minimum atomic E-state index is -2.04. The molecule has 0 aromatic rings. The summed E-state index contributed by atoms with van der Waals surface area (Å²) in [5.74, 6) is -2.59. The summed E-state index contributed by atoms with van der Waals surface area (Å²) in [6, 6.07) is 0. The molecule has 1 aliphatic heterocycles. The monoisotopic (exact) mass is 516 g/mol. The third-order valence-corrected chi connectivity index (χ3v) is 11.5. The lowest BCUT2D eigenvalue weighted by atomic mass is 9.40. The van der Waals surface area contributed by atoms with Crippen LogP contribution in [0.2, 0.25) is 0 Å². The number of alkyl halides is 1. The molecule has 37 heavy (non-hydrogen) atoms. The summed E-state index contributed by atoms with van der Waals surface area (Å²) in [4.78, 5) is 37.8. The number of esters is 1. The molecule has 0 radical (unpaired) electrons. The van der Waals surface area contributed by atoms with Crippen molar-refractivity contribution in [3.63, 3.8) is 0 Å². The summed E-state index contributed by atoms with van der Waals surface area (Å²) in [6.07, 6.45) is 7.06. The summed E-state index contributed by atoms with van der Waals surface area (Å²) in [5.41, 5.74) is -5.65. The number of Topliss-reactive ketones (excluding diaryl/α,β-unsaturated/α-hetero) is 1. The average Bonchev–Trinajstić information content (AvgIpc) is 3.46. The van der Waals surface area contributed by atoms with Gasteiger partial charge in [0, 0.05) is 36.5 Å². The topological polar surface area (TPSA) is 99.1 Å². The summed E-state index contributed by atoms with van der Waals surface area (Å²) >= 11 is 0. The van der Waals surface area contributed by atoms with E-state index in [-0.39, 0.29) is 18.0 Å². The second-order valence-electron chi connectivity index (χ2n) is 12.9. The van der Waals surface area contributed by atoms with Crippen LogP contribution in [0.5, 0.6) is 0 Å². The van der Waals surface area contributed by atoms with E-state index in [0.29, 0.717) is 37.7 Å². The highest BCUT2D eigenvalue weighted by Gasteiger charge is 2.84. The van der Waals surface area contributed by atoms with Crippen molar-refractivity contribution in [1.82, 2.24) is 0 Å². The molecular weight excluding hydrogens is 479 g/mol. The van der Waals surface area contributed by atoms with Crippen LogP contribution in [0.1, 0.15) is 79.1 Å². The number of aliphatic hydroxyl groups is 1. The second-order valence-corrected chi connectivity index (χ2v) is 12.9. The van der Waals surface area contributed by atoms with Crippen LogP contribution in [0.25, 0.3) is 0 Å². The molecule has 0 amide bonds. The Morgan fingerprint density at radius 3 is 2.57 bits per heavy atom. The van der Waals surface area contributed by atoms with Crippen LogP contribution < -0.4 is 0 Å². The molecule has 202 valence electrons. The van der Waals surface area contributed by atoms with Crippen molar-refractivity contribution >= 4 is 17.5 Å². The molecule has 8 atom stereocenters. The van der Waals surface area contributed by atoms with Gasteiger partial charge in [0.25, 0.3) is 0 Å².